The number of urea groups is 1. The minimum absolute atomic E-state index is 0.0655. The molecular formula is C15H29N3O3. The molecule has 2 atom stereocenters. The maximum Gasteiger partial charge on any atom is 0.315 e. The summed E-state index contributed by atoms with van der Waals surface area (Å²) in [6.07, 6.45) is 1.04. The van der Waals surface area contributed by atoms with Gasteiger partial charge in [-0.15, -0.1) is 0 Å². The molecule has 0 bridgehead atoms. The van der Waals surface area contributed by atoms with Crippen LogP contribution in [-0.4, -0.2) is 54.2 Å². The molecule has 0 aromatic rings. The van der Waals surface area contributed by atoms with Crippen LogP contribution in [0, 0.1) is 11.3 Å². The van der Waals surface area contributed by atoms with Gasteiger partial charge in [-0.25, -0.2) is 4.79 Å². The number of carbonyl (C=O) groups excluding carboxylic acids is 1. The highest BCUT2D eigenvalue weighted by Gasteiger charge is 2.29. The molecule has 0 radical (unpaired) electrons. The first-order valence-corrected chi connectivity index (χ1v) is 7.71. The van der Waals surface area contributed by atoms with Crippen molar-refractivity contribution in [3.05, 3.63) is 0 Å². The van der Waals surface area contributed by atoms with Gasteiger partial charge in [0.05, 0.1) is 6.42 Å². The van der Waals surface area contributed by atoms with E-state index in [0.29, 0.717) is 12.5 Å². The number of hydrogen-bond acceptors (Lipinski definition) is 3. The maximum atomic E-state index is 12.0. The van der Waals surface area contributed by atoms with Crippen molar-refractivity contribution in [3.8, 4) is 0 Å². The summed E-state index contributed by atoms with van der Waals surface area (Å²) in [4.78, 5) is 25.2. The van der Waals surface area contributed by atoms with Crippen LogP contribution < -0.4 is 10.6 Å². The third kappa shape index (κ3) is 6.33. The predicted octanol–water partition coefficient (Wildman–Crippen LogP) is 1.52. The van der Waals surface area contributed by atoms with Crippen LogP contribution in [0.3, 0.4) is 0 Å². The van der Waals surface area contributed by atoms with Crippen LogP contribution in [0.5, 0.6) is 0 Å². The zero-order valence-corrected chi connectivity index (χ0v) is 13.6. The number of aliphatic carboxylic acids is 1. The number of carbonyl (C=O) groups is 2. The summed E-state index contributed by atoms with van der Waals surface area (Å²) < 4.78 is 0. The third-order valence-corrected chi connectivity index (χ3v) is 4.10. The van der Waals surface area contributed by atoms with E-state index in [4.69, 9.17) is 5.11 Å². The van der Waals surface area contributed by atoms with Gasteiger partial charge < -0.3 is 20.6 Å². The van der Waals surface area contributed by atoms with Crippen molar-refractivity contribution in [2.45, 2.75) is 46.6 Å². The van der Waals surface area contributed by atoms with Gasteiger partial charge in [0, 0.05) is 19.1 Å². The van der Waals surface area contributed by atoms with E-state index < -0.39 is 5.97 Å². The van der Waals surface area contributed by atoms with E-state index in [9.17, 15) is 9.59 Å². The summed E-state index contributed by atoms with van der Waals surface area (Å²) >= 11 is 0. The Labute approximate surface area is 127 Å². The number of likely N-dealkylation sites (tertiary alicyclic amines) is 1. The number of carboxylic acids is 1. The molecule has 0 aliphatic carbocycles. The zero-order chi connectivity index (χ0) is 16.0. The van der Waals surface area contributed by atoms with Crippen LogP contribution in [0.4, 0.5) is 4.79 Å². The number of carboxylic acid groups (broad SMARTS) is 1. The van der Waals surface area contributed by atoms with Gasteiger partial charge in [-0.1, -0.05) is 27.7 Å². The van der Waals surface area contributed by atoms with Gasteiger partial charge in [0.25, 0.3) is 0 Å². The smallest absolute Gasteiger partial charge is 0.315 e. The monoisotopic (exact) mass is 299 g/mol. The number of nitrogens with zero attached hydrogens (tertiary/aromatic N) is 1. The average Bonchev–Trinajstić information content (AvgIpc) is 2.82. The Bertz CT molecular complexity index is 366. The average molecular weight is 299 g/mol. The SMILES string of the molecule is CCN1CCC(CNC(=O)NC(CC(=O)O)C(C)(C)C)C1. The van der Waals surface area contributed by atoms with Crippen molar-refractivity contribution in [2.75, 3.05) is 26.2 Å². The number of rotatable bonds is 6. The molecule has 0 aromatic carbocycles. The van der Waals surface area contributed by atoms with Crippen LogP contribution in [-0.2, 0) is 4.79 Å². The molecule has 1 aliphatic heterocycles. The van der Waals surface area contributed by atoms with Crippen LogP contribution in [0.25, 0.3) is 0 Å². The number of amides is 2. The molecule has 2 unspecified atom stereocenters. The van der Waals surface area contributed by atoms with Gasteiger partial charge in [0.15, 0.2) is 0 Å². The predicted molar refractivity (Wildman–Crippen MR) is 82.3 cm³/mol. The van der Waals surface area contributed by atoms with E-state index in [0.717, 1.165) is 26.1 Å². The Hall–Kier alpha value is -1.30. The van der Waals surface area contributed by atoms with Crippen molar-refractivity contribution < 1.29 is 14.7 Å². The normalized spacial score (nSPS) is 21.0. The highest BCUT2D eigenvalue weighted by Crippen LogP contribution is 2.21. The lowest BCUT2D eigenvalue weighted by Crippen LogP contribution is -2.49. The summed E-state index contributed by atoms with van der Waals surface area (Å²) in [5, 5.41) is 14.6. The first kappa shape index (κ1) is 17.8. The zero-order valence-electron chi connectivity index (χ0n) is 13.6. The second kappa shape index (κ2) is 7.64. The summed E-state index contributed by atoms with van der Waals surface area (Å²) in [5.74, 6) is -0.409. The van der Waals surface area contributed by atoms with Crippen molar-refractivity contribution in [1.82, 2.24) is 15.5 Å². The van der Waals surface area contributed by atoms with Crippen LogP contribution in [0.1, 0.15) is 40.5 Å². The standard InChI is InChI=1S/C15H29N3O3/c1-5-18-7-6-11(10-18)9-16-14(21)17-12(8-13(19)20)15(2,3)4/h11-12H,5-10H2,1-4H3,(H,19,20)(H2,16,17,21). The molecule has 0 saturated carbocycles. The maximum absolute atomic E-state index is 12.0. The van der Waals surface area contributed by atoms with Gasteiger partial charge in [-0.05, 0) is 30.8 Å². The van der Waals surface area contributed by atoms with E-state index in [1.165, 1.54) is 0 Å². The highest BCUT2D eigenvalue weighted by atomic mass is 16.4. The molecule has 1 saturated heterocycles. The lowest BCUT2D eigenvalue weighted by Gasteiger charge is -2.30. The molecule has 21 heavy (non-hydrogen) atoms. The summed E-state index contributed by atoms with van der Waals surface area (Å²) in [7, 11) is 0. The first-order valence-electron chi connectivity index (χ1n) is 7.71. The van der Waals surface area contributed by atoms with Crippen molar-refractivity contribution in [1.29, 1.82) is 0 Å². The Morgan fingerprint density at radius 3 is 2.52 bits per heavy atom. The number of nitrogens with one attached hydrogen (secondary N) is 2. The molecule has 2 amide bonds. The molecule has 1 rings (SSSR count). The lowest BCUT2D eigenvalue weighted by molar-refractivity contribution is -0.138. The van der Waals surface area contributed by atoms with Gasteiger partial charge in [-0.2, -0.15) is 0 Å². The first-order chi connectivity index (χ1) is 9.72. The summed E-state index contributed by atoms with van der Waals surface area (Å²) in [5.41, 5.74) is -0.290. The molecule has 1 heterocycles. The molecule has 1 aliphatic rings. The van der Waals surface area contributed by atoms with Gasteiger partial charge >= 0.3 is 12.0 Å². The minimum Gasteiger partial charge on any atom is -0.481 e. The van der Waals surface area contributed by atoms with Crippen molar-refractivity contribution in [3.63, 3.8) is 0 Å². The molecule has 122 valence electrons. The number of hydrogen-bond donors (Lipinski definition) is 3. The second-order valence-electron chi connectivity index (χ2n) is 6.92. The van der Waals surface area contributed by atoms with E-state index >= 15 is 0 Å². The highest BCUT2D eigenvalue weighted by molar-refractivity contribution is 5.75. The topological polar surface area (TPSA) is 81.7 Å². The summed E-state index contributed by atoms with van der Waals surface area (Å²) in [6.45, 7) is 11.7. The fraction of sp³-hybridized carbons (Fsp3) is 0.867. The largest absolute Gasteiger partial charge is 0.481 e. The fourth-order valence-corrected chi connectivity index (χ4v) is 2.56. The Morgan fingerprint density at radius 2 is 2.05 bits per heavy atom. The quantitative estimate of drug-likeness (QED) is 0.694. The van der Waals surface area contributed by atoms with Crippen LogP contribution in [0.2, 0.25) is 0 Å². The second-order valence-corrected chi connectivity index (χ2v) is 6.92. The van der Waals surface area contributed by atoms with E-state index in [2.05, 4.69) is 22.5 Å². The van der Waals surface area contributed by atoms with Gasteiger partial charge in [-0.3, -0.25) is 4.79 Å². The van der Waals surface area contributed by atoms with Gasteiger partial charge in [0.1, 0.15) is 0 Å². The van der Waals surface area contributed by atoms with Crippen molar-refractivity contribution in [2.24, 2.45) is 11.3 Å². The Kier molecular flexibility index (Phi) is 6.45. The lowest BCUT2D eigenvalue weighted by atomic mass is 9.85. The van der Waals surface area contributed by atoms with E-state index in [1.54, 1.807) is 0 Å². The molecule has 0 spiro atoms. The van der Waals surface area contributed by atoms with E-state index in [1.807, 2.05) is 20.8 Å². The molecule has 1 fully saturated rings. The Morgan fingerprint density at radius 1 is 1.38 bits per heavy atom. The molecule has 3 N–H and O–H groups in total. The van der Waals surface area contributed by atoms with E-state index in [-0.39, 0.29) is 23.9 Å². The molecule has 6 heteroatoms. The van der Waals surface area contributed by atoms with Crippen LogP contribution in [0.15, 0.2) is 0 Å². The molecular weight excluding hydrogens is 270 g/mol. The fourth-order valence-electron chi connectivity index (χ4n) is 2.56. The third-order valence-electron chi connectivity index (χ3n) is 4.10. The van der Waals surface area contributed by atoms with Crippen molar-refractivity contribution >= 4 is 12.0 Å². The Balaban J connectivity index is 2.38. The summed E-state index contributed by atoms with van der Waals surface area (Å²) in [6, 6.07) is -0.656. The van der Waals surface area contributed by atoms with Gasteiger partial charge in [0.2, 0.25) is 0 Å². The molecule has 6 nitrogen and oxygen atoms in total. The minimum atomic E-state index is -0.899. The van der Waals surface area contributed by atoms with Crippen LogP contribution >= 0.6 is 0 Å². The molecule has 0 aromatic heterocycles.